The lowest BCUT2D eigenvalue weighted by Gasteiger charge is -2.26. The molecule has 1 aromatic rings. The van der Waals surface area contributed by atoms with Gasteiger partial charge in [0.05, 0.1) is 16.5 Å². The summed E-state index contributed by atoms with van der Waals surface area (Å²) in [4.78, 5) is 56.3. The molecule has 0 spiro atoms. The van der Waals surface area contributed by atoms with E-state index in [-0.39, 0.29) is 23.6 Å². The SMILES string of the molecule is CC(C)(C)OC(=O)N1C[C@@H]2C[C@@]2(C(=O)ON2C(=O)c3ccccc3C2=O)C1. The summed E-state index contributed by atoms with van der Waals surface area (Å²) in [6, 6.07) is 6.31. The van der Waals surface area contributed by atoms with Crippen molar-refractivity contribution in [3.8, 4) is 0 Å². The van der Waals surface area contributed by atoms with Gasteiger partial charge in [0.2, 0.25) is 0 Å². The van der Waals surface area contributed by atoms with Crippen LogP contribution in [-0.2, 0) is 14.4 Å². The third-order valence-electron chi connectivity index (χ3n) is 5.13. The molecular weight excluding hydrogens is 352 g/mol. The van der Waals surface area contributed by atoms with Crippen LogP contribution in [0.1, 0.15) is 47.9 Å². The van der Waals surface area contributed by atoms with Crippen LogP contribution in [0, 0.1) is 11.3 Å². The number of carbonyl (C=O) groups is 4. The Kier molecular flexibility index (Phi) is 3.60. The lowest BCUT2D eigenvalue weighted by Crippen LogP contribution is -2.40. The third-order valence-corrected chi connectivity index (χ3v) is 5.13. The predicted octanol–water partition coefficient (Wildman–Crippen LogP) is 2.00. The Morgan fingerprint density at radius 1 is 1.11 bits per heavy atom. The molecule has 3 aliphatic rings. The second-order valence-corrected chi connectivity index (χ2v) is 8.25. The zero-order chi connectivity index (χ0) is 19.6. The van der Waals surface area contributed by atoms with Crippen LogP contribution in [0.15, 0.2) is 24.3 Å². The Morgan fingerprint density at radius 3 is 2.26 bits per heavy atom. The second-order valence-electron chi connectivity index (χ2n) is 8.25. The van der Waals surface area contributed by atoms with Crippen molar-refractivity contribution in [2.75, 3.05) is 13.1 Å². The molecule has 8 heteroatoms. The molecule has 0 unspecified atom stereocenters. The number of hydrogen-bond acceptors (Lipinski definition) is 6. The van der Waals surface area contributed by atoms with Crippen LogP contribution in [-0.4, -0.2) is 52.5 Å². The van der Waals surface area contributed by atoms with Crippen molar-refractivity contribution in [1.29, 1.82) is 0 Å². The van der Waals surface area contributed by atoms with Gasteiger partial charge in [-0.25, -0.2) is 9.59 Å². The molecule has 1 aliphatic carbocycles. The molecule has 1 saturated carbocycles. The zero-order valence-corrected chi connectivity index (χ0v) is 15.4. The highest BCUT2D eigenvalue weighted by Crippen LogP contribution is 2.58. The number of hydrogen-bond donors (Lipinski definition) is 0. The summed E-state index contributed by atoms with van der Waals surface area (Å²) in [5.74, 6) is -2.01. The number of hydroxylamine groups is 2. The highest BCUT2D eigenvalue weighted by atomic mass is 16.7. The molecule has 0 N–H and O–H groups in total. The predicted molar refractivity (Wildman–Crippen MR) is 91.4 cm³/mol. The maximum Gasteiger partial charge on any atom is 0.410 e. The number of rotatable bonds is 2. The van der Waals surface area contributed by atoms with Gasteiger partial charge in [0, 0.05) is 13.1 Å². The highest BCUT2D eigenvalue weighted by molar-refractivity contribution is 6.21. The molecular formula is C19H20N2O6. The molecule has 2 atom stereocenters. The van der Waals surface area contributed by atoms with Crippen molar-refractivity contribution in [1.82, 2.24) is 9.96 Å². The molecule has 3 amide bonds. The van der Waals surface area contributed by atoms with E-state index in [4.69, 9.17) is 9.57 Å². The maximum atomic E-state index is 12.7. The number of imide groups is 1. The van der Waals surface area contributed by atoms with Gasteiger partial charge in [-0.3, -0.25) is 9.59 Å². The summed E-state index contributed by atoms with van der Waals surface area (Å²) in [5, 5.41) is 0.521. The van der Waals surface area contributed by atoms with Crippen molar-refractivity contribution in [3.63, 3.8) is 0 Å². The van der Waals surface area contributed by atoms with Crippen LogP contribution in [0.2, 0.25) is 0 Å². The Bertz CT molecular complexity index is 838. The van der Waals surface area contributed by atoms with Crippen LogP contribution >= 0.6 is 0 Å². The van der Waals surface area contributed by atoms with Crippen molar-refractivity contribution < 1.29 is 28.8 Å². The molecule has 27 heavy (non-hydrogen) atoms. The van der Waals surface area contributed by atoms with E-state index < -0.39 is 34.9 Å². The van der Waals surface area contributed by atoms with Crippen molar-refractivity contribution in [2.24, 2.45) is 11.3 Å². The lowest BCUT2D eigenvalue weighted by atomic mass is 10.1. The van der Waals surface area contributed by atoms with E-state index in [2.05, 4.69) is 0 Å². The molecule has 142 valence electrons. The summed E-state index contributed by atoms with van der Waals surface area (Å²) >= 11 is 0. The molecule has 4 rings (SSSR count). The fourth-order valence-electron chi connectivity index (χ4n) is 3.69. The summed E-state index contributed by atoms with van der Waals surface area (Å²) in [6.07, 6.45) is 0.0801. The van der Waals surface area contributed by atoms with Gasteiger partial charge in [-0.15, -0.1) is 0 Å². The topological polar surface area (TPSA) is 93.2 Å². The Balaban J connectivity index is 1.44. The summed E-state index contributed by atoms with van der Waals surface area (Å²) in [5.41, 5.74) is -1.08. The lowest BCUT2D eigenvalue weighted by molar-refractivity contribution is -0.175. The summed E-state index contributed by atoms with van der Waals surface area (Å²) in [6.45, 7) is 5.87. The van der Waals surface area contributed by atoms with Gasteiger partial charge in [-0.05, 0) is 45.2 Å². The zero-order valence-electron chi connectivity index (χ0n) is 15.4. The van der Waals surface area contributed by atoms with Gasteiger partial charge < -0.3 is 14.5 Å². The van der Waals surface area contributed by atoms with E-state index >= 15 is 0 Å². The minimum absolute atomic E-state index is 0.0484. The van der Waals surface area contributed by atoms with Crippen molar-refractivity contribution >= 4 is 23.9 Å². The van der Waals surface area contributed by atoms with E-state index in [0.717, 1.165) is 0 Å². The van der Waals surface area contributed by atoms with Gasteiger partial charge in [-0.1, -0.05) is 17.2 Å². The number of likely N-dealkylation sites (tertiary alicyclic amines) is 1. The number of piperidine rings is 1. The standard InChI is InChI=1S/C19H20N2O6/c1-18(2,3)26-17(25)20-9-11-8-19(11,10-20)16(24)27-21-14(22)12-6-4-5-7-13(12)15(21)23/h4-7,11H,8-10H2,1-3H3/t11-,19+/m0/s1. The molecule has 2 aliphatic heterocycles. The number of benzene rings is 1. The molecule has 0 radical (unpaired) electrons. The summed E-state index contributed by atoms with van der Waals surface area (Å²) < 4.78 is 5.34. The van der Waals surface area contributed by atoms with Crippen LogP contribution in [0.3, 0.4) is 0 Å². The largest absolute Gasteiger partial charge is 0.444 e. The molecule has 2 heterocycles. The molecule has 8 nitrogen and oxygen atoms in total. The molecule has 1 saturated heterocycles. The van der Waals surface area contributed by atoms with E-state index in [1.807, 2.05) is 0 Å². The van der Waals surface area contributed by atoms with Gasteiger partial charge in [0.25, 0.3) is 11.8 Å². The Labute approximate surface area is 156 Å². The van der Waals surface area contributed by atoms with Gasteiger partial charge in [0.1, 0.15) is 5.60 Å². The van der Waals surface area contributed by atoms with Crippen molar-refractivity contribution in [3.05, 3.63) is 35.4 Å². The first-order valence-corrected chi connectivity index (χ1v) is 8.80. The summed E-state index contributed by atoms with van der Waals surface area (Å²) in [7, 11) is 0. The second kappa shape index (κ2) is 5.55. The first-order chi connectivity index (χ1) is 12.6. The van der Waals surface area contributed by atoms with Crippen LogP contribution in [0.4, 0.5) is 4.79 Å². The minimum Gasteiger partial charge on any atom is -0.444 e. The molecule has 0 bridgehead atoms. The maximum absolute atomic E-state index is 12.7. The number of nitrogens with zero attached hydrogens (tertiary/aromatic N) is 2. The van der Waals surface area contributed by atoms with E-state index in [9.17, 15) is 19.2 Å². The monoisotopic (exact) mass is 372 g/mol. The normalized spacial score (nSPS) is 26.0. The van der Waals surface area contributed by atoms with E-state index in [1.165, 1.54) is 17.0 Å². The van der Waals surface area contributed by atoms with Crippen LogP contribution in [0.5, 0.6) is 0 Å². The quantitative estimate of drug-likeness (QED) is 0.737. The molecule has 1 aromatic carbocycles. The number of ether oxygens (including phenoxy) is 1. The molecule has 0 aromatic heterocycles. The first kappa shape index (κ1) is 17.5. The average Bonchev–Trinajstić information content (AvgIpc) is 3.09. The average molecular weight is 372 g/mol. The Morgan fingerprint density at radius 2 is 1.70 bits per heavy atom. The highest BCUT2D eigenvalue weighted by Gasteiger charge is 2.68. The number of fused-ring (bicyclic) bond motifs is 2. The van der Waals surface area contributed by atoms with Gasteiger partial charge in [-0.2, -0.15) is 0 Å². The van der Waals surface area contributed by atoms with Gasteiger partial charge >= 0.3 is 12.1 Å². The minimum atomic E-state index is -0.869. The van der Waals surface area contributed by atoms with E-state index in [1.54, 1.807) is 32.9 Å². The van der Waals surface area contributed by atoms with Crippen molar-refractivity contribution in [2.45, 2.75) is 32.8 Å². The molecule has 2 fully saturated rings. The number of carbonyl (C=O) groups excluding carboxylic acids is 4. The van der Waals surface area contributed by atoms with Gasteiger partial charge in [0.15, 0.2) is 0 Å². The first-order valence-electron chi connectivity index (χ1n) is 8.80. The smallest absolute Gasteiger partial charge is 0.410 e. The van der Waals surface area contributed by atoms with E-state index in [0.29, 0.717) is 18.0 Å². The number of amides is 3. The third kappa shape index (κ3) is 2.75. The van der Waals surface area contributed by atoms with Crippen LogP contribution in [0.25, 0.3) is 0 Å². The Hall–Kier alpha value is -2.90. The fourth-order valence-corrected chi connectivity index (χ4v) is 3.69. The fraction of sp³-hybridized carbons (Fsp3) is 0.474. The van der Waals surface area contributed by atoms with Crippen LogP contribution < -0.4 is 0 Å².